The van der Waals surface area contributed by atoms with E-state index in [9.17, 15) is 8.42 Å². The third kappa shape index (κ3) is 4.43. The molecule has 1 unspecified atom stereocenters. The Balaban J connectivity index is 2.75. The number of sulfone groups is 1. The highest BCUT2D eigenvalue weighted by Crippen LogP contribution is 2.27. The maximum atomic E-state index is 12.0. The fourth-order valence-electron chi connectivity index (χ4n) is 2.46. The Kier molecular flexibility index (Phi) is 5.32. The maximum absolute atomic E-state index is 12.0. The van der Waals surface area contributed by atoms with E-state index in [-0.39, 0.29) is 22.0 Å². The van der Waals surface area contributed by atoms with Crippen molar-refractivity contribution in [2.75, 3.05) is 25.4 Å². The van der Waals surface area contributed by atoms with Gasteiger partial charge in [0.15, 0.2) is 9.84 Å². The van der Waals surface area contributed by atoms with Gasteiger partial charge in [-0.05, 0) is 33.1 Å². The Morgan fingerprint density at radius 3 is 2.30 bits per heavy atom. The van der Waals surface area contributed by atoms with Gasteiger partial charge in [0.25, 0.3) is 0 Å². The Labute approximate surface area is 125 Å². The highest BCUT2D eigenvalue weighted by molar-refractivity contribution is 7.92. The van der Waals surface area contributed by atoms with E-state index in [1.165, 1.54) is 0 Å². The molecule has 1 N–H and O–H groups in total. The first-order valence-corrected chi connectivity index (χ1v) is 9.28. The molecule has 1 rings (SSSR count). The van der Waals surface area contributed by atoms with Gasteiger partial charge in [0.2, 0.25) is 0 Å². The topological polar surface area (TPSA) is 49.4 Å². The van der Waals surface area contributed by atoms with E-state index in [1.807, 2.05) is 0 Å². The summed E-state index contributed by atoms with van der Waals surface area (Å²) in [4.78, 5) is 2.33. The fraction of sp³-hybridized carbons (Fsp3) is 1.00. The molecule has 0 aliphatic carbocycles. The molecule has 1 atom stereocenters. The Morgan fingerprint density at radius 1 is 1.30 bits per heavy atom. The molecule has 1 fully saturated rings. The van der Waals surface area contributed by atoms with Crippen LogP contribution < -0.4 is 5.32 Å². The van der Waals surface area contributed by atoms with Gasteiger partial charge in [0, 0.05) is 31.2 Å². The van der Waals surface area contributed by atoms with Crippen LogP contribution in [-0.2, 0) is 9.84 Å². The lowest BCUT2D eigenvalue weighted by molar-refractivity contribution is 0.0411. The monoisotopic (exact) mass is 304 g/mol. The maximum Gasteiger partial charge on any atom is 0.153 e. The second kappa shape index (κ2) is 5.93. The quantitative estimate of drug-likeness (QED) is 0.862. The minimum Gasteiger partial charge on any atom is -0.310 e. The first-order valence-electron chi connectivity index (χ1n) is 7.56. The summed E-state index contributed by atoms with van der Waals surface area (Å²) in [7, 11) is -2.96. The SMILES string of the molecule is CC(C)S(=O)(=O)CCN1CC(C(C)(C)C)NCC1(C)C. The summed E-state index contributed by atoms with van der Waals surface area (Å²) in [6.07, 6.45) is 0. The minimum atomic E-state index is -2.96. The van der Waals surface area contributed by atoms with Gasteiger partial charge in [-0.1, -0.05) is 20.8 Å². The predicted octanol–water partition coefficient (Wildman–Crippen LogP) is 1.91. The van der Waals surface area contributed by atoms with Crippen LogP contribution in [0.15, 0.2) is 0 Å². The molecule has 0 radical (unpaired) electrons. The van der Waals surface area contributed by atoms with Gasteiger partial charge in [0.05, 0.1) is 11.0 Å². The minimum absolute atomic E-state index is 0.00818. The van der Waals surface area contributed by atoms with Gasteiger partial charge in [0.1, 0.15) is 0 Å². The molecule has 0 amide bonds. The van der Waals surface area contributed by atoms with Crippen molar-refractivity contribution in [2.45, 2.75) is 65.3 Å². The van der Waals surface area contributed by atoms with Crippen molar-refractivity contribution in [1.82, 2.24) is 10.2 Å². The van der Waals surface area contributed by atoms with Crippen LogP contribution in [0.5, 0.6) is 0 Å². The molecule has 1 aliphatic heterocycles. The molecule has 0 aromatic rings. The smallest absolute Gasteiger partial charge is 0.153 e. The standard InChI is InChI=1S/C15H32N2O2S/c1-12(2)20(18,19)9-8-17-10-13(14(3,4)5)16-11-15(17,6)7/h12-13,16H,8-11H2,1-7H3. The zero-order chi connectivity index (χ0) is 15.8. The Bertz CT molecular complexity index is 422. The van der Waals surface area contributed by atoms with Crippen molar-refractivity contribution in [1.29, 1.82) is 0 Å². The van der Waals surface area contributed by atoms with Gasteiger partial charge in [-0.25, -0.2) is 8.42 Å². The lowest BCUT2D eigenvalue weighted by atomic mass is 9.83. The van der Waals surface area contributed by atoms with Crippen LogP contribution in [0.3, 0.4) is 0 Å². The van der Waals surface area contributed by atoms with E-state index >= 15 is 0 Å². The number of nitrogens with zero attached hydrogens (tertiary/aromatic N) is 1. The molecular formula is C15H32N2O2S. The summed E-state index contributed by atoms with van der Waals surface area (Å²) in [5, 5.41) is 3.32. The van der Waals surface area contributed by atoms with E-state index in [0.29, 0.717) is 12.6 Å². The largest absolute Gasteiger partial charge is 0.310 e. The summed E-state index contributed by atoms with van der Waals surface area (Å²) < 4.78 is 24.0. The van der Waals surface area contributed by atoms with Crippen LogP contribution in [0.2, 0.25) is 0 Å². The van der Waals surface area contributed by atoms with Crippen molar-refractivity contribution in [3.8, 4) is 0 Å². The van der Waals surface area contributed by atoms with Crippen LogP contribution in [0.25, 0.3) is 0 Å². The van der Waals surface area contributed by atoms with E-state index in [2.05, 4.69) is 44.8 Å². The van der Waals surface area contributed by atoms with Gasteiger partial charge < -0.3 is 5.32 Å². The first-order chi connectivity index (χ1) is 8.86. The summed E-state index contributed by atoms with van der Waals surface area (Å²) in [5.74, 6) is 0.255. The Morgan fingerprint density at radius 2 is 1.85 bits per heavy atom. The zero-order valence-electron chi connectivity index (χ0n) is 14.2. The van der Waals surface area contributed by atoms with Crippen molar-refractivity contribution >= 4 is 9.84 Å². The Hall–Kier alpha value is -0.130. The van der Waals surface area contributed by atoms with E-state index in [0.717, 1.165) is 13.1 Å². The van der Waals surface area contributed by atoms with Crippen LogP contribution in [0.4, 0.5) is 0 Å². The fourth-order valence-corrected chi connectivity index (χ4v) is 3.41. The molecule has 0 saturated carbocycles. The second-order valence-electron chi connectivity index (χ2n) is 7.97. The van der Waals surface area contributed by atoms with Crippen molar-refractivity contribution in [3.63, 3.8) is 0 Å². The average molecular weight is 305 g/mol. The van der Waals surface area contributed by atoms with Gasteiger partial charge in [-0.2, -0.15) is 0 Å². The molecule has 1 heterocycles. The summed E-state index contributed by atoms with van der Waals surface area (Å²) >= 11 is 0. The molecule has 0 bridgehead atoms. The third-order valence-corrected chi connectivity index (χ3v) is 6.64. The molecular weight excluding hydrogens is 272 g/mol. The lowest BCUT2D eigenvalue weighted by Gasteiger charge is -2.49. The number of hydrogen-bond acceptors (Lipinski definition) is 4. The van der Waals surface area contributed by atoms with Crippen LogP contribution in [0.1, 0.15) is 48.5 Å². The number of piperazine rings is 1. The summed E-state index contributed by atoms with van der Waals surface area (Å²) in [5.41, 5.74) is 0.194. The second-order valence-corrected chi connectivity index (χ2v) is 10.7. The van der Waals surface area contributed by atoms with E-state index in [1.54, 1.807) is 13.8 Å². The summed E-state index contributed by atoms with van der Waals surface area (Å²) in [6, 6.07) is 0.400. The zero-order valence-corrected chi connectivity index (χ0v) is 15.0. The van der Waals surface area contributed by atoms with Crippen LogP contribution in [0, 0.1) is 5.41 Å². The summed E-state index contributed by atoms with van der Waals surface area (Å²) in [6.45, 7) is 17.0. The first kappa shape index (κ1) is 17.9. The molecule has 0 spiro atoms. The van der Waals surface area contributed by atoms with Crippen LogP contribution in [-0.4, -0.2) is 55.5 Å². The average Bonchev–Trinajstić information content (AvgIpc) is 2.25. The molecule has 0 aromatic carbocycles. The van der Waals surface area contributed by atoms with Crippen LogP contribution >= 0.6 is 0 Å². The van der Waals surface area contributed by atoms with E-state index in [4.69, 9.17) is 0 Å². The van der Waals surface area contributed by atoms with Crippen molar-refractivity contribution in [3.05, 3.63) is 0 Å². The molecule has 4 nitrogen and oxygen atoms in total. The molecule has 1 saturated heterocycles. The molecule has 0 aromatic heterocycles. The van der Waals surface area contributed by atoms with Crippen molar-refractivity contribution in [2.24, 2.45) is 5.41 Å². The molecule has 5 heteroatoms. The highest BCUT2D eigenvalue weighted by Gasteiger charge is 2.38. The molecule has 20 heavy (non-hydrogen) atoms. The van der Waals surface area contributed by atoms with Gasteiger partial charge >= 0.3 is 0 Å². The highest BCUT2D eigenvalue weighted by atomic mass is 32.2. The number of rotatable bonds is 4. The van der Waals surface area contributed by atoms with E-state index < -0.39 is 9.84 Å². The van der Waals surface area contributed by atoms with Gasteiger partial charge in [-0.15, -0.1) is 0 Å². The number of hydrogen-bond donors (Lipinski definition) is 1. The van der Waals surface area contributed by atoms with Crippen molar-refractivity contribution < 1.29 is 8.42 Å². The normalized spacial score (nSPS) is 25.1. The molecule has 1 aliphatic rings. The third-order valence-electron chi connectivity index (χ3n) is 4.45. The lowest BCUT2D eigenvalue weighted by Crippen LogP contribution is -2.65. The van der Waals surface area contributed by atoms with Gasteiger partial charge in [-0.3, -0.25) is 4.90 Å². The predicted molar refractivity (Wildman–Crippen MR) is 85.8 cm³/mol. The molecule has 120 valence electrons. The number of nitrogens with one attached hydrogen (secondary N) is 1.